The zero-order valence-electron chi connectivity index (χ0n) is 7.01. The Hall–Kier alpha value is -0.831. The SMILES string of the molecule is N[C@@H](Cc1ccccc1)C(=O)O[SeH]. The summed E-state index contributed by atoms with van der Waals surface area (Å²) in [6, 6.07) is 9.02. The zero-order chi connectivity index (χ0) is 9.68. The molecule has 0 fully saturated rings. The molecule has 0 amide bonds. The van der Waals surface area contributed by atoms with Crippen LogP contribution in [0.25, 0.3) is 0 Å². The topological polar surface area (TPSA) is 52.3 Å². The van der Waals surface area contributed by atoms with Crippen LogP contribution in [0.2, 0.25) is 0 Å². The van der Waals surface area contributed by atoms with Gasteiger partial charge >= 0.3 is 85.0 Å². The van der Waals surface area contributed by atoms with Crippen molar-refractivity contribution in [1.82, 2.24) is 0 Å². The Balaban J connectivity index is 2.55. The molecule has 0 saturated heterocycles. The summed E-state index contributed by atoms with van der Waals surface area (Å²) in [5.41, 5.74) is 6.61. The van der Waals surface area contributed by atoms with Crippen molar-refractivity contribution in [3.8, 4) is 0 Å². The molecule has 0 aromatic heterocycles. The van der Waals surface area contributed by atoms with Gasteiger partial charge in [0.15, 0.2) is 0 Å². The fourth-order valence-corrected chi connectivity index (χ4v) is 1.30. The number of rotatable bonds is 3. The average molecular weight is 244 g/mol. The second-order valence-electron chi connectivity index (χ2n) is 2.71. The first-order valence-electron chi connectivity index (χ1n) is 3.89. The maximum absolute atomic E-state index is 11.0. The van der Waals surface area contributed by atoms with Crippen molar-refractivity contribution in [2.45, 2.75) is 12.5 Å². The summed E-state index contributed by atoms with van der Waals surface area (Å²) in [7, 11) is 0. The molecule has 2 N–H and O–H groups in total. The third-order valence-corrected chi connectivity index (χ3v) is 2.07. The molecule has 0 saturated carbocycles. The van der Waals surface area contributed by atoms with E-state index in [9.17, 15) is 4.79 Å². The maximum atomic E-state index is 11.0. The zero-order valence-corrected chi connectivity index (χ0v) is 8.89. The van der Waals surface area contributed by atoms with Gasteiger partial charge in [0.05, 0.1) is 0 Å². The minimum absolute atomic E-state index is 0.399. The molecule has 0 unspecified atom stereocenters. The molecule has 0 heterocycles. The molecule has 0 aliphatic carbocycles. The summed E-state index contributed by atoms with van der Waals surface area (Å²) in [4.78, 5) is 11.0. The van der Waals surface area contributed by atoms with E-state index in [1.807, 2.05) is 30.3 Å². The molecule has 0 spiro atoms. The van der Waals surface area contributed by atoms with Crippen LogP contribution in [-0.4, -0.2) is 28.4 Å². The van der Waals surface area contributed by atoms with Gasteiger partial charge in [0.25, 0.3) is 0 Å². The fourth-order valence-electron chi connectivity index (χ4n) is 1.02. The van der Waals surface area contributed by atoms with Crippen molar-refractivity contribution in [3.63, 3.8) is 0 Å². The van der Waals surface area contributed by atoms with Crippen LogP contribution in [0.1, 0.15) is 5.56 Å². The Morgan fingerprint density at radius 1 is 1.46 bits per heavy atom. The van der Waals surface area contributed by atoms with Crippen molar-refractivity contribution in [2.75, 3.05) is 0 Å². The van der Waals surface area contributed by atoms with E-state index < -0.39 is 12.0 Å². The van der Waals surface area contributed by atoms with Crippen molar-refractivity contribution < 1.29 is 8.61 Å². The molecule has 13 heavy (non-hydrogen) atoms. The van der Waals surface area contributed by atoms with Gasteiger partial charge in [-0.3, -0.25) is 0 Å². The summed E-state index contributed by atoms with van der Waals surface area (Å²) in [6.07, 6.45) is 0.511. The van der Waals surface area contributed by atoms with Crippen LogP contribution in [0.4, 0.5) is 0 Å². The molecule has 1 atom stereocenters. The van der Waals surface area contributed by atoms with Gasteiger partial charge in [0, 0.05) is 0 Å². The molecular formula is C9H11NO2Se. The van der Waals surface area contributed by atoms with Gasteiger partial charge in [0.1, 0.15) is 0 Å². The Morgan fingerprint density at radius 3 is 2.62 bits per heavy atom. The Morgan fingerprint density at radius 2 is 2.08 bits per heavy atom. The molecule has 1 aromatic carbocycles. The standard InChI is InChI=1S/C9H11NO2Se/c10-8(9(11)12-13)6-7-4-2-1-3-5-7/h1-5,8,13H,6,10H2/t8-/m0/s1. The molecule has 0 bridgehead atoms. The van der Waals surface area contributed by atoms with Gasteiger partial charge in [-0.25, -0.2) is 0 Å². The van der Waals surface area contributed by atoms with Crippen LogP contribution in [0, 0.1) is 0 Å². The van der Waals surface area contributed by atoms with Crippen LogP contribution in [0.3, 0.4) is 0 Å². The second-order valence-corrected chi connectivity index (χ2v) is 3.09. The number of nitrogens with two attached hydrogens (primary N) is 1. The van der Waals surface area contributed by atoms with Crippen molar-refractivity contribution in [3.05, 3.63) is 35.9 Å². The quantitative estimate of drug-likeness (QED) is 0.756. The van der Waals surface area contributed by atoms with E-state index in [0.717, 1.165) is 5.56 Å². The van der Waals surface area contributed by atoms with Gasteiger partial charge < -0.3 is 0 Å². The van der Waals surface area contributed by atoms with Crippen molar-refractivity contribution in [1.29, 1.82) is 0 Å². The number of carbonyl (C=O) groups is 1. The molecular weight excluding hydrogens is 233 g/mol. The third-order valence-electron chi connectivity index (χ3n) is 1.69. The monoisotopic (exact) mass is 245 g/mol. The van der Waals surface area contributed by atoms with Crippen LogP contribution in [0.15, 0.2) is 30.3 Å². The molecule has 1 rings (SSSR count). The van der Waals surface area contributed by atoms with E-state index in [1.165, 1.54) is 0 Å². The van der Waals surface area contributed by atoms with Crippen LogP contribution >= 0.6 is 0 Å². The summed E-state index contributed by atoms with van der Waals surface area (Å²) in [5.74, 6) is -0.399. The Bertz CT molecular complexity index is 276. The first-order valence-corrected chi connectivity index (χ1v) is 4.65. The van der Waals surface area contributed by atoms with Crippen LogP contribution in [0.5, 0.6) is 0 Å². The molecule has 0 radical (unpaired) electrons. The normalized spacial score (nSPS) is 12.2. The molecule has 4 heteroatoms. The van der Waals surface area contributed by atoms with E-state index in [1.54, 1.807) is 16.3 Å². The molecule has 1 aromatic rings. The fraction of sp³-hybridized carbons (Fsp3) is 0.222. The van der Waals surface area contributed by atoms with Gasteiger partial charge in [-0.05, 0) is 0 Å². The van der Waals surface area contributed by atoms with Gasteiger partial charge in [0.2, 0.25) is 0 Å². The van der Waals surface area contributed by atoms with E-state index >= 15 is 0 Å². The van der Waals surface area contributed by atoms with E-state index in [4.69, 9.17) is 5.73 Å². The second kappa shape index (κ2) is 5.02. The first kappa shape index (κ1) is 10.3. The number of hydrogen-bond donors (Lipinski definition) is 1. The number of hydrogen-bond acceptors (Lipinski definition) is 3. The van der Waals surface area contributed by atoms with Gasteiger partial charge in [-0.1, -0.05) is 0 Å². The molecule has 70 valence electrons. The van der Waals surface area contributed by atoms with Crippen molar-refractivity contribution >= 4 is 22.3 Å². The molecule has 3 nitrogen and oxygen atoms in total. The summed E-state index contributed by atoms with van der Waals surface area (Å²) < 4.78 is 4.46. The Labute approximate surface area is 85.4 Å². The third kappa shape index (κ3) is 3.19. The number of carbonyl (C=O) groups excluding carboxylic acids is 1. The van der Waals surface area contributed by atoms with Gasteiger partial charge in [-0.2, -0.15) is 0 Å². The predicted octanol–water partition coefficient (Wildman–Crippen LogP) is -0.0846. The predicted molar refractivity (Wildman–Crippen MR) is 51.4 cm³/mol. The molecule has 0 aliphatic rings. The van der Waals surface area contributed by atoms with Crippen LogP contribution < -0.4 is 5.73 Å². The van der Waals surface area contributed by atoms with Crippen LogP contribution in [-0.2, 0) is 15.0 Å². The van der Waals surface area contributed by atoms with E-state index in [2.05, 4.69) is 3.82 Å². The van der Waals surface area contributed by atoms with E-state index in [0.29, 0.717) is 6.42 Å². The first-order chi connectivity index (χ1) is 6.24. The van der Waals surface area contributed by atoms with Gasteiger partial charge in [-0.15, -0.1) is 0 Å². The number of benzene rings is 1. The van der Waals surface area contributed by atoms with E-state index in [-0.39, 0.29) is 0 Å². The minimum atomic E-state index is -0.578. The summed E-state index contributed by atoms with van der Waals surface area (Å²) in [5, 5.41) is 0. The average Bonchev–Trinajstić information content (AvgIpc) is 2.18. The summed E-state index contributed by atoms with van der Waals surface area (Å²) >= 11 is 1.76. The summed E-state index contributed by atoms with van der Waals surface area (Å²) in [6.45, 7) is 0. The molecule has 0 aliphatic heterocycles. The Kier molecular flexibility index (Phi) is 3.96. The van der Waals surface area contributed by atoms with Crippen molar-refractivity contribution in [2.24, 2.45) is 5.73 Å².